The minimum Gasteiger partial charge on any atom is -0.354 e. The maximum Gasteiger partial charge on any atom is 0.240 e. The van der Waals surface area contributed by atoms with Crippen molar-refractivity contribution in [1.82, 2.24) is 15.1 Å². The summed E-state index contributed by atoms with van der Waals surface area (Å²) in [4.78, 5) is 11.9. The van der Waals surface area contributed by atoms with E-state index in [1.54, 1.807) is 6.20 Å². The van der Waals surface area contributed by atoms with Gasteiger partial charge in [-0.1, -0.05) is 12.8 Å². The molecular formula is C12H20N4O. The Morgan fingerprint density at radius 2 is 2.29 bits per heavy atom. The van der Waals surface area contributed by atoms with Crippen molar-refractivity contribution < 1.29 is 4.79 Å². The Bertz CT molecular complexity index is 393. The predicted molar refractivity (Wildman–Crippen MR) is 65.3 cm³/mol. The van der Waals surface area contributed by atoms with Crippen LogP contribution >= 0.6 is 0 Å². The monoisotopic (exact) mass is 236 g/mol. The summed E-state index contributed by atoms with van der Waals surface area (Å²) in [6.07, 6.45) is 6.29. The molecule has 0 radical (unpaired) electrons. The molecule has 0 bridgehead atoms. The van der Waals surface area contributed by atoms with Crippen LogP contribution in [0.5, 0.6) is 0 Å². The summed E-state index contributed by atoms with van der Waals surface area (Å²) in [6.45, 7) is 0.622. The fourth-order valence-electron chi connectivity index (χ4n) is 2.36. The highest BCUT2D eigenvalue weighted by molar-refractivity contribution is 5.86. The first-order valence-electron chi connectivity index (χ1n) is 6.16. The molecule has 1 saturated carbocycles. The Hall–Kier alpha value is -1.36. The molecule has 3 N–H and O–H groups in total. The lowest BCUT2D eigenvalue weighted by Gasteiger charge is -2.22. The van der Waals surface area contributed by atoms with Crippen molar-refractivity contribution in [3.8, 4) is 0 Å². The minimum absolute atomic E-state index is 0.00262. The van der Waals surface area contributed by atoms with Gasteiger partial charge < -0.3 is 11.1 Å². The van der Waals surface area contributed by atoms with Crippen LogP contribution < -0.4 is 11.1 Å². The van der Waals surface area contributed by atoms with Crippen molar-refractivity contribution in [3.63, 3.8) is 0 Å². The van der Waals surface area contributed by atoms with E-state index in [0.29, 0.717) is 6.54 Å². The molecule has 2 rings (SSSR count). The fourth-order valence-corrected chi connectivity index (χ4v) is 2.36. The van der Waals surface area contributed by atoms with Gasteiger partial charge in [-0.3, -0.25) is 9.48 Å². The molecule has 1 amide bonds. The number of aromatic nitrogens is 2. The Balaban J connectivity index is 1.79. The fraction of sp³-hybridized carbons (Fsp3) is 0.667. The summed E-state index contributed by atoms with van der Waals surface area (Å²) >= 11 is 0. The first-order valence-corrected chi connectivity index (χ1v) is 6.16. The molecule has 0 atom stereocenters. The third-order valence-corrected chi connectivity index (χ3v) is 3.54. The summed E-state index contributed by atoms with van der Waals surface area (Å²) in [6, 6.07) is 1.96. The zero-order chi connectivity index (χ0) is 12.3. The smallest absolute Gasteiger partial charge is 0.240 e. The zero-order valence-corrected chi connectivity index (χ0v) is 10.3. The predicted octanol–water partition coefficient (Wildman–Crippen LogP) is 0.350. The van der Waals surface area contributed by atoms with Crippen LogP contribution in [0.15, 0.2) is 12.3 Å². The number of aryl methyl sites for hydroxylation is 1. The summed E-state index contributed by atoms with van der Waals surface area (Å²) in [5.41, 5.74) is 6.56. The first kappa shape index (κ1) is 12.1. The van der Waals surface area contributed by atoms with Gasteiger partial charge in [0.25, 0.3) is 0 Å². The molecule has 1 heterocycles. The van der Waals surface area contributed by atoms with Crippen molar-refractivity contribution in [2.75, 3.05) is 6.54 Å². The van der Waals surface area contributed by atoms with E-state index in [1.165, 1.54) is 0 Å². The molecule has 0 spiro atoms. The van der Waals surface area contributed by atoms with E-state index in [0.717, 1.165) is 37.8 Å². The third-order valence-electron chi connectivity index (χ3n) is 3.54. The van der Waals surface area contributed by atoms with Crippen molar-refractivity contribution in [2.24, 2.45) is 12.8 Å². The number of amides is 1. The topological polar surface area (TPSA) is 72.9 Å². The van der Waals surface area contributed by atoms with E-state index < -0.39 is 5.54 Å². The molecule has 5 nitrogen and oxygen atoms in total. The number of carbonyl (C=O) groups excluding carboxylic acids is 1. The maximum atomic E-state index is 11.9. The minimum atomic E-state index is -0.619. The number of carbonyl (C=O) groups is 1. The Labute approximate surface area is 101 Å². The van der Waals surface area contributed by atoms with Crippen molar-refractivity contribution >= 4 is 5.91 Å². The summed E-state index contributed by atoms with van der Waals surface area (Å²) in [7, 11) is 1.90. The lowest BCUT2D eigenvalue weighted by molar-refractivity contribution is -0.126. The zero-order valence-electron chi connectivity index (χ0n) is 10.3. The molecule has 0 saturated heterocycles. The van der Waals surface area contributed by atoms with Gasteiger partial charge in [-0.25, -0.2) is 0 Å². The summed E-state index contributed by atoms with van der Waals surface area (Å²) in [5.74, 6) is -0.00262. The number of hydrogen-bond acceptors (Lipinski definition) is 3. The van der Waals surface area contributed by atoms with Gasteiger partial charge >= 0.3 is 0 Å². The summed E-state index contributed by atoms with van der Waals surface area (Å²) in [5, 5.41) is 7.01. The van der Waals surface area contributed by atoms with Gasteiger partial charge in [0, 0.05) is 31.9 Å². The second-order valence-electron chi connectivity index (χ2n) is 4.82. The maximum absolute atomic E-state index is 11.9. The number of hydrogen-bond donors (Lipinski definition) is 2. The highest BCUT2D eigenvalue weighted by Gasteiger charge is 2.36. The van der Waals surface area contributed by atoms with E-state index in [4.69, 9.17) is 5.73 Å². The third kappa shape index (κ3) is 2.66. The number of rotatable bonds is 4. The van der Waals surface area contributed by atoms with Crippen LogP contribution in [-0.4, -0.2) is 27.8 Å². The Morgan fingerprint density at radius 1 is 1.59 bits per heavy atom. The van der Waals surface area contributed by atoms with Crippen LogP contribution in [0, 0.1) is 0 Å². The van der Waals surface area contributed by atoms with Gasteiger partial charge in [-0.15, -0.1) is 0 Å². The second kappa shape index (κ2) is 4.87. The van der Waals surface area contributed by atoms with E-state index in [9.17, 15) is 4.79 Å². The van der Waals surface area contributed by atoms with Crippen LogP contribution in [0.1, 0.15) is 31.4 Å². The lowest BCUT2D eigenvalue weighted by atomic mass is 9.98. The SMILES string of the molecule is Cn1nccc1CCNC(=O)C1(N)CCCC1. The van der Waals surface area contributed by atoms with Gasteiger partial charge in [0.05, 0.1) is 5.54 Å². The van der Waals surface area contributed by atoms with Crippen LogP contribution in [-0.2, 0) is 18.3 Å². The molecule has 94 valence electrons. The van der Waals surface area contributed by atoms with Gasteiger partial charge in [-0.05, 0) is 18.9 Å². The number of nitrogens with one attached hydrogen (secondary N) is 1. The first-order chi connectivity index (χ1) is 8.12. The Morgan fingerprint density at radius 3 is 2.88 bits per heavy atom. The Kier molecular flexibility index (Phi) is 3.47. The van der Waals surface area contributed by atoms with Crippen LogP contribution in [0.25, 0.3) is 0 Å². The molecule has 17 heavy (non-hydrogen) atoms. The molecule has 1 aromatic heterocycles. The molecular weight excluding hydrogens is 216 g/mol. The largest absolute Gasteiger partial charge is 0.354 e. The number of nitrogens with zero attached hydrogens (tertiary/aromatic N) is 2. The summed E-state index contributed by atoms with van der Waals surface area (Å²) < 4.78 is 1.82. The van der Waals surface area contributed by atoms with Gasteiger partial charge in [0.15, 0.2) is 0 Å². The van der Waals surface area contributed by atoms with Crippen LogP contribution in [0.3, 0.4) is 0 Å². The molecule has 1 fully saturated rings. The molecule has 1 aliphatic rings. The van der Waals surface area contributed by atoms with Crippen molar-refractivity contribution in [3.05, 3.63) is 18.0 Å². The van der Waals surface area contributed by atoms with E-state index in [-0.39, 0.29) is 5.91 Å². The average Bonchev–Trinajstić information content (AvgIpc) is 2.89. The quantitative estimate of drug-likeness (QED) is 0.792. The normalized spacial score (nSPS) is 18.2. The second-order valence-corrected chi connectivity index (χ2v) is 4.82. The van der Waals surface area contributed by atoms with Gasteiger partial charge in [0.2, 0.25) is 5.91 Å². The van der Waals surface area contributed by atoms with Crippen LogP contribution in [0.4, 0.5) is 0 Å². The van der Waals surface area contributed by atoms with E-state index in [1.807, 2.05) is 17.8 Å². The highest BCUT2D eigenvalue weighted by atomic mass is 16.2. The molecule has 1 aromatic rings. The van der Waals surface area contributed by atoms with E-state index in [2.05, 4.69) is 10.4 Å². The molecule has 1 aliphatic carbocycles. The number of nitrogens with two attached hydrogens (primary N) is 1. The van der Waals surface area contributed by atoms with Gasteiger partial charge in [-0.2, -0.15) is 5.10 Å². The average molecular weight is 236 g/mol. The van der Waals surface area contributed by atoms with Gasteiger partial charge in [0.1, 0.15) is 0 Å². The standard InChI is InChI=1S/C12H20N4O/c1-16-10(5-9-15-16)4-8-14-11(17)12(13)6-2-3-7-12/h5,9H,2-4,6-8,13H2,1H3,(H,14,17). The molecule has 0 aliphatic heterocycles. The lowest BCUT2D eigenvalue weighted by Crippen LogP contribution is -2.52. The van der Waals surface area contributed by atoms with Crippen molar-refractivity contribution in [1.29, 1.82) is 0 Å². The highest BCUT2D eigenvalue weighted by Crippen LogP contribution is 2.27. The van der Waals surface area contributed by atoms with E-state index >= 15 is 0 Å². The van der Waals surface area contributed by atoms with Crippen molar-refractivity contribution in [2.45, 2.75) is 37.6 Å². The molecule has 5 heteroatoms. The molecule has 0 unspecified atom stereocenters. The molecule has 0 aromatic carbocycles. The van der Waals surface area contributed by atoms with Crippen LogP contribution in [0.2, 0.25) is 0 Å².